The molecule has 0 atom stereocenters. The predicted octanol–water partition coefficient (Wildman–Crippen LogP) is 2.29. The van der Waals surface area contributed by atoms with E-state index in [4.69, 9.17) is 0 Å². The summed E-state index contributed by atoms with van der Waals surface area (Å²) >= 11 is 3.32. The lowest BCUT2D eigenvalue weighted by Crippen LogP contribution is -2.21. The lowest BCUT2D eigenvalue weighted by atomic mass is 9.81. The molecule has 2 nitrogen and oxygen atoms in total. The van der Waals surface area contributed by atoms with Crippen LogP contribution in [0.1, 0.15) is 24.5 Å². The first kappa shape index (κ1) is 7.92. The van der Waals surface area contributed by atoms with Crippen LogP contribution in [0.3, 0.4) is 0 Å². The van der Waals surface area contributed by atoms with Crippen molar-refractivity contribution in [3.05, 3.63) is 28.5 Å². The second kappa shape index (κ2) is 2.98. The summed E-state index contributed by atoms with van der Waals surface area (Å²) in [5.41, 5.74) is 1.04. The van der Waals surface area contributed by atoms with Crippen LogP contribution < -0.4 is 0 Å². The zero-order chi connectivity index (χ0) is 8.55. The number of nitrogens with zero attached hydrogens (tertiary/aromatic N) is 1. The van der Waals surface area contributed by atoms with Crippen LogP contribution in [-0.4, -0.2) is 10.8 Å². The smallest absolute Gasteiger partial charge is 0.134 e. The van der Waals surface area contributed by atoms with Gasteiger partial charge >= 0.3 is 0 Å². The van der Waals surface area contributed by atoms with Gasteiger partial charge in [0.2, 0.25) is 0 Å². The van der Waals surface area contributed by atoms with Gasteiger partial charge in [-0.1, -0.05) is 0 Å². The molecular weight excluding hydrogens is 218 g/mol. The van der Waals surface area contributed by atoms with E-state index >= 15 is 0 Å². The van der Waals surface area contributed by atoms with Crippen LogP contribution in [0.2, 0.25) is 0 Å². The SMILES string of the molecule is O=C1CC(c2ccc(Br)cn2)C1. The minimum absolute atomic E-state index is 0.352. The number of halogens is 1. The zero-order valence-corrected chi connectivity index (χ0v) is 8.04. The van der Waals surface area contributed by atoms with Crippen molar-refractivity contribution in [3.8, 4) is 0 Å². The van der Waals surface area contributed by atoms with Crippen LogP contribution in [0.15, 0.2) is 22.8 Å². The number of carbonyl (C=O) groups is 1. The third-order valence-corrected chi connectivity index (χ3v) is 2.59. The maximum Gasteiger partial charge on any atom is 0.134 e. The lowest BCUT2D eigenvalue weighted by molar-refractivity contribution is -0.124. The molecule has 0 N–H and O–H groups in total. The summed E-state index contributed by atoms with van der Waals surface area (Å²) in [6.45, 7) is 0. The fourth-order valence-electron chi connectivity index (χ4n) is 1.33. The molecule has 62 valence electrons. The summed E-state index contributed by atoms with van der Waals surface area (Å²) in [5, 5.41) is 0. The van der Waals surface area contributed by atoms with Gasteiger partial charge in [-0.05, 0) is 28.1 Å². The molecule has 0 radical (unpaired) electrons. The van der Waals surface area contributed by atoms with E-state index in [0.717, 1.165) is 10.2 Å². The first-order chi connectivity index (χ1) is 5.75. The minimum Gasteiger partial charge on any atom is -0.300 e. The molecule has 2 rings (SSSR count). The average Bonchev–Trinajstić information content (AvgIpc) is 2.01. The summed E-state index contributed by atoms with van der Waals surface area (Å²) in [5.74, 6) is 0.732. The van der Waals surface area contributed by atoms with Gasteiger partial charge < -0.3 is 0 Å². The third-order valence-electron chi connectivity index (χ3n) is 2.12. The fraction of sp³-hybridized carbons (Fsp3) is 0.333. The van der Waals surface area contributed by atoms with Gasteiger partial charge in [0.05, 0.1) is 0 Å². The van der Waals surface area contributed by atoms with E-state index in [0.29, 0.717) is 24.5 Å². The van der Waals surface area contributed by atoms with Crippen LogP contribution in [0.4, 0.5) is 0 Å². The van der Waals surface area contributed by atoms with Gasteiger partial charge in [0.1, 0.15) is 5.78 Å². The molecule has 0 spiro atoms. The van der Waals surface area contributed by atoms with Crippen molar-refractivity contribution in [2.45, 2.75) is 18.8 Å². The van der Waals surface area contributed by atoms with Gasteiger partial charge in [0, 0.05) is 35.1 Å². The highest BCUT2D eigenvalue weighted by Crippen LogP contribution is 2.32. The Kier molecular flexibility index (Phi) is 1.97. The van der Waals surface area contributed by atoms with Gasteiger partial charge in [-0.25, -0.2) is 0 Å². The van der Waals surface area contributed by atoms with Crippen molar-refractivity contribution in [2.24, 2.45) is 0 Å². The summed E-state index contributed by atoms with van der Waals surface area (Å²) in [6.07, 6.45) is 3.13. The second-order valence-electron chi connectivity index (χ2n) is 3.05. The number of aromatic nitrogens is 1. The van der Waals surface area contributed by atoms with E-state index < -0.39 is 0 Å². The molecule has 1 saturated carbocycles. The Balaban J connectivity index is 2.14. The molecule has 0 aromatic carbocycles. The van der Waals surface area contributed by atoms with Crippen LogP contribution in [0, 0.1) is 0 Å². The molecular formula is C9H8BrNO. The van der Waals surface area contributed by atoms with Gasteiger partial charge in [-0.3, -0.25) is 9.78 Å². The molecule has 1 aromatic rings. The van der Waals surface area contributed by atoms with Crippen molar-refractivity contribution >= 4 is 21.7 Å². The van der Waals surface area contributed by atoms with Crippen molar-refractivity contribution in [2.75, 3.05) is 0 Å². The Morgan fingerprint density at radius 3 is 2.67 bits per heavy atom. The van der Waals surface area contributed by atoms with Gasteiger partial charge in [-0.2, -0.15) is 0 Å². The maximum absolute atomic E-state index is 10.7. The molecule has 1 aliphatic rings. The standard InChI is InChI=1S/C9H8BrNO/c10-7-1-2-9(11-5-7)6-3-8(12)4-6/h1-2,5-6H,3-4H2. The van der Waals surface area contributed by atoms with Gasteiger partial charge in [0.25, 0.3) is 0 Å². The van der Waals surface area contributed by atoms with Crippen molar-refractivity contribution in [3.63, 3.8) is 0 Å². The van der Waals surface area contributed by atoms with E-state index in [9.17, 15) is 4.79 Å². The van der Waals surface area contributed by atoms with Gasteiger partial charge in [0.15, 0.2) is 0 Å². The summed E-state index contributed by atoms with van der Waals surface area (Å²) in [6, 6.07) is 3.94. The zero-order valence-electron chi connectivity index (χ0n) is 6.46. The molecule has 1 fully saturated rings. The molecule has 0 aliphatic heterocycles. The highest BCUT2D eigenvalue weighted by molar-refractivity contribution is 9.10. The molecule has 1 heterocycles. The van der Waals surface area contributed by atoms with Crippen LogP contribution in [-0.2, 0) is 4.79 Å². The maximum atomic E-state index is 10.7. The van der Waals surface area contributed by atoms with Crippen molar-refractivity contribution in [1.29, 1.82) is 0 Å². The fourth-order valence-corrected chi connectivity index (χ4v) is 1.56. The molecule has 0 amide bonds. The highest BCUT2D eigenvalue weighted by atomic mass is 79.9. The minimum atomic E-state index is 0.352. The predicted molar refractivity (Wildman–Crippen MR) is 48.9 cm³/mol. The molecule has 12 heavy (non-hydrogen) atoms. The van der Waals surface area contributed by atoms with Crippen molar-refractivity contribution in [1.82, 2.24) is 4.98 Å². The monoisotopic (exact) mass is 225 g/mol. The number of Topliss-reactive ketones (excluding diaryl/α,β-unsaturated/α-hetero) is 1. The van der Waals surface area contributed by atoms with E-state index in [2.05, 4.69) is 20.9 Å². The molecule has 0 bridgehead atoms. The lowest BCUT2D eigenvalue weighted by Gasteiger charge is -2.23. The van der Waals surface area contributed by atoms with E-state index in [1.54, 1.807) is 6.20 Å². The first-order valence-corrected chi connectivity index (χ1v) is 4.68. The third kappa shape index (κ3) is 1.41. The van der Waals surface area contributed by atoms with Gasteiger partial charge in [-0.15, -0.1) is 0 Å². The Bertz CT molecular complexity index is 299. The highest BCUT2D eigenvalue weighted by Gasteiger charge is 2.28. The molecule has 0 saturated heterocycles. The number of carbonyl (C=O) groups excluding carboxylic acids is 1. The molecule has 3 heteroatoms. The summed E-state index contributed by atoms with van der Waals surface area (Å²) < 4.78 is 0.983. The Morgan fingerprint density at radius 1 is 1.42 bits per heavy atom. The normalized spacial score (nSPS) is 17.6. The number of rotatable bonds is 1. The second-order valence-corrected chi connectivity index (χ2v) is 3.96. The van der Waals surface area contributed by atoms with Crippen LogP contribution in [0.5, 0.6) is 0 Å². The van der Waals surface area contributed by atoms with E-state index in [1.165, 1.54) is 0 Å². The topological polar surface area (TPSA) is 30.0 Å². The largest absolute Gasteiger partial charge is 0.300 e. The number of pyridine rings is 1. The Labute approximate surface area is 79.1 Å². The quantitative estimate of drug-likeness (QED) is 0.735. The summed E-state index contributed by atoms with van der Waals surface area (Å²) in [7, 11) is 0. The molecule has 0 unspecified atom stereocenters. The van der Waals surface area contributed by atoms with Crippen LogP contribution in [0.25, 0.3) is 0 Å². The first-order valence-electron chi connectivity index (χ1n) is 3.89. The average molecular weight is 226 g/mol. The van der Waals surface area contributed by atoms with E-state index in [1.807, 2.05) is 12.1 Å². The number of hydrogen-bond acceptors (Lipinski definition) is 2. The Morgan fingerprint density at radius 2 is 2.17 bits per heavy atom. The number of ketones is 1. The Hall–Kier alpha value is -0.700. The molecule has 1 aliphatic carbocycles. The van der Waals surface area contributed by atoms with Crippen molar-refractivity contribution < 1.29 is 4.79 Å². The van der Waals surface area contributed by atoms with E-state index in [-0.39, 0.29) is 0 Å². The molecule has 1 aromatic heterocycles. The summed E-state index contributed by atoms with van der Waals surface area (Å²) in [4.78, 5) is 14.9. The van der Waals surface area contributed by atoms with Crippen LogP contribution >= 0.6 is 15.9 Å². The number of hydrogen-bond donors (Lipinski definition) is 0.